The lowest BCUT2D eigenvalue weighted by Gasteiger charge is -2.24. The number of aromatic nitrogens is 2. The molecular formula is C33H28F6N4O. The normalized spacial score (nSPS) is 14.9. The number of nitrogens with zero attached hydrogens (tertiary/aromatic N) is 2. The number of fused-ring (bicyclic) bond motifs is 2. The zero-order chi connectivity index (χ0) is 31.1. The highest BCUT2D eigenvalue weighted by atomic mass is 19.4. The van der Waals surface area contributed by atoms with Crippen molar-refractivity contribution in [1.29, 1.82) is 0 Å². The summed E-state index contributed by atoms with van der Waals surface area (Å²) in [6.07, 6.45) is -0.0711. The van der Waals surface area contributed by atoms with Crippen LogP contribution < -0.4 is 10.6 Å². The third-order valence-electron chi connectivity index (χ3n) is 8.17. The predicted octanol–water partition coefficient (Wildman–Crippen LogP) is 8.99. The van der Waals surface area contributed by atoms with E-state index in [0.29, 0.717) is 37.1 Å². The molecule has 0 radical (unpaired) electrons. The first kappa shape index (κ1) is 29.7. The third kappa shape index (κ3) is 6.00. The molecule has 0 spiro atoms. The minimum atomic E-state index is -4.48. The topological polar surface area (TPSA) is 66.9 Å². The number of halogens is 6. The van der Waals surface area contributed by atoms with Crippen LogP contribution in [0.15, 0.2) is 60.9 Å². The first-order valence-corrected chi connectivity index (χ1v) is 14.4. The molecule has 228 valence electrons. The van der Waals surface area contributed by atoms with Gasteiger partial charge in [-0.1, -0.05) is 12.1 Å². The van der Waals surface area contributed by atoms with Crippen LogP contribution in [0, 0.1) is 0 Å². The molecule has 2 N–H and O–H groups in total. The van der Waals surface area contributed by atoms with Crippen molar-refractivity contribution in [3.63, 3.8) is 0 Å². The number of alkyl halides is 6. The Balaban J connectivity index is 1.33. The Morgan fingerprint density at radius 2 is 0.977 bits per heavy atom. The van der Waals surface area contributed by atoms with Crippen LogP contribution in [0.1, 0.15) is 75.2 Å². The quantitative estimate of drug-likeness (QED) is 0.169. The summed E-state index contributed by atoms with van der Waals surface area (Å²) in [4.78, 5) is 23.0. The molecule has 0 fully saturated rings. The van der Waals surface area contributed by atoms with Gasteiger partial charge in [0.1, 0.15) is 11.4 Å². The van der Waals surface area contributed by atoms with E-state index in [1.807, 2.05) is 0 Å². The predicted molar refractivity (Wildman–Crippen MR) is 155 cm³/mol. The van der Waals surface area contributed by atoms with E-state index in [2.05, 4.69) is 20.6 Å². The van der Waals surface area contributed by atoms with Crippen LogP contribution in [0.2, 0.25) is 0 Å². The molecule has 0 atom stereocenters. The molecule has 0 aliphatic heterocycles. The van der Waals surface area contributed by atoms with Gasteiger partial charge in [0, 0.05) is 11.4 Å². The van der Waals surface area contributed by atoms with Gasteiger partial charge in [-0.05, 0) is 110 Å². The van der Waals surface area contributed by atoms with Crippen molar-refractivity contribution in [2.45, 2.75) is 63.7 Å². The number of rotatable bonds is 6. The fourth-order valence-corrected chi connectivity index (χ4v) is 6.07. The second-order valence-corrected chi connectivity index (χ2v) is 11.1. The van der Waals surface area contributed by atoms with E-state index >= 15 is 0 Å². The summed E-state index contributed by atoms with van der Waals surface area (Å²) in [7, 11) is 0. The lowest BCUT2D eigenvalue weighted by Crippen LogP contribution is -2.20. The van der Waals surface area contributed by atoms with Crippen molar-refractivity contribution < 1.29 is 31.1 Å². The fraction of sp³-hybridized carbons (Fsp3) is 0.303. The van der Waals surface area contributed by atoms with Crippen LogP contribution in [0.3, 0.4) is 0 Å². The number of ketones is 1. The molecule has 2 heterocycles. The highest BCUT2D eigenvalue weighted by molar-refractivity contribution is 6.09. The van der Waals surface area contributed by atoms with Crippen LogP contribution in [-0.2, 0) is 38.0 Å². The van der Waals surface area contributed by atoms with Gasteiger partial charge in [0.2, 0.25) is 5.78 Å². The van der Waals surface area contributed by atoms with Gasteiger partial charge in [-0.3, -0.25) is 14.8 Å². The van der Waals surface area contributed by atoms with Gasteiger partial charge in [-0.25, -0.2) is 0 Å². The molecule has 2 aliphatic rings. The van der Waals surface area contributed by atoms with Crippen molar-refractivity contribution in [1.82, 2.24) is 9.97 Å². The Labute approximate surface area is 249 Å². The van der Waals surface area contributed by atoms with E-state index in [0.717, 1.165) is 72.2 Å². The van der Waals surface area contributed by atoms with E-state index in [1.165, 1.54) is 24.5 Å². The number of carbonyl (C=O) groups excluding carboxylic acids is 1. The summed E-state index contributed by atoms with van der Waals surface area (Å²) in [5, 5.41) is 6.15. The maximum atomic E-state index is 14.0. The molecule has 0 saturated heterocycles. The van der Waals surface area contributed by atoms with Crippen LogP contribution in [0.4, 0.5) is 49.1 Å². The largest absolute Gasteiger partial charge is 0.416 e. The van der Waals surface area contributed by atoms with Crippen molar-refractivity contribution in [3.8, 4) is 0 Å². The van der Waals surface area contributed by atoms with Crippen LogP contribution >= 0.6 is 0 Å². The Morgan fingerprint density at radius 1 is 0.591 bits per heavy atom. The van der Waals surface area contributed by atoms with Crippen molar-refractivity contribution in [2.24, 2.45) is 0 Å². The number of nitrogens with one attached hydrogen (secondary N) is 2. The maximum Gasteiger partial charge on any atom is 0.416 e. The summed E-state index contributed by atoms with van der Waals surface area (Å²) in [6, 6.07) is 9.87. The summed E-state index contributed by atoms with van der Waals surface area (Å²) in [5.41, 5.74) is 3.90. The second-order valence-electron chi connectivity index (χ2n) is 11.1. The number of hydrogen-bond acceptors (Lipinski definition) is 5. The molecule has 44 heavy (non-hydrogen) atoms. The maximum absolute atomic E-state index is 14.0. The summed E-state index contributed by atoms with van der Waals surface area (Å²) in [6.45, 7) is 0. The standard InChI is InChI=1S/C33H28F6N4O/c34-32(35,36)19-7-5-9-21(15-19)42-27-17-40-29(25-13-3-1-11-23(25)27)31(44)30-26-14-4-2-12-24(26)28(18-41-30)43-22-10-6-8-20(16-22)33(37,38)39/h5-10,15-18,42-43H,1-4,11-14H2. The molecule has 5 nitrogen and oxygen atoms in total. The Hall–Kier alpha value is -4.41. The van der Waals surface area contributed by atoms with Gasteiger partial charge in [0.15, 0.2) is 0 Å². The molecule has 4 aromatic rings. The molecular weight excluding hydrogens is 582 g/mol. The number of hydrogen-bond donors (Lipinski definition) is 2. The fourth-order valence-electron chi connectivity index (χ4n) is 6.07. The number of carbonyl (C=O) groups is 1. The van der Waals surface area contributed by atoms with Gasteiger partial charge < -0.3 is 10.6 Å². The molecule has 6 rings (SSSR count). The highest BCUT2D eigenvalue weighted by Gasteiger charge is 2.32. The number of anilines is 4. The monoisotopic (exact) mass is 610 g/mol. The average molecular weight is 611 g/mol. The molecule has 0 saturated carbocycles. The number of pyridine rings is 2. The highest BCUT2D eigenvalue weighted by Crippen LogP contribution is 2.37. The Morgan fingerprint density at radius 3 is 1.36 bits per heavy atom. The molecule has 2 aliphatic carbocycles. The van der Waals surface area contributed by atoms with Crippen LogP contribution in [-0.4, -0.2) is 15.8 Å². The zero-order valence-corrected chi connectivity index (χ0v) is 23.5. The van der Waals surface area contributed by atoms with E-state index in [9.17, 15) is 31.1 Å². The van der Waals surface area contributed by atoms with E-state index < -0.39 is 23.5 Å². The molecule has 0 amide bonds. The minimum absolute atomic E-state index is 0.271. The van der Waals surface area contributed by atoms with Crippen molar-refractivity contribution in [2.75, 3.05) is 10.6 Å². The first-order chi connectivity index (χ1) is 21.0. The lowest BCUT2D eigenvalue weighted by atomic mass is 9.85. The summed E-state index contributed by atoms with van der Waals surface area (Å²) < 4.78 is 79.6. The smallest absolute Gasteiger partial charge is 0.354 e. The lowest BCUT2D eigenvalue weighted by molar-refractivity contribution is -0.138. The Kier molecular flexibility index (Phi) is 7.81. The van der Waals surface area contributed by atoms with Crippen molar-refractivity contribution >= 4 is 28.5 Å². The SMILES string of the molecule is O=C(c1ncc(Nc2cccc(C(F)(F)F)c2)c2c1CCCC2)c1ncc(Nc2cccc(C(F)(F)F)c2)c2c1CCCC2. The first-order valence-electron chi connectivity index (χ1n) is 14.4. The van der Waals surface area contributed by atoms with Crippen LogP contribution in [0.25, 0.3) is 0 Å². The molecule has 0 bridgehead atoms. The number of benzene rings is 2. The van der Waals surface area contributed by atoms with E-state index in [4.69, 9.17) is 0 Å². The van der Waals surface area contributed by atoms with Gasteiger partial charge in [0.05, 0.1) is 34.9 Å². The van der Waals surface area contributed by atoms with Gasteiger partial charge in [0.25, 0.3) is 0 Å². The third-order valence-corrected chi connectivity index (χ3v) is 8.17. The van der Waals surface area contributed by atoms with Gasteiger partial charge >= 0.3 is 12.4 Å². The molecule has 0 unspecified atom stereocenters. The second kappa shape index (κ2) is 11.6. The van der Waals surface area contributed by atoms with E-state index in [1.54, 1.807) is 12.1 Å². The average Bonchev–Trinajstić information content (AvgIpc) is 3.00. The Bertz CT molecular complexity index is 1610. The van der Waals surface area contributed by atoms with Crippen molar-refractivity contribution in [3.05, 3.63) is 106 Å². The zero-order valence-electron chi connectivity index (χ0n) is 23.5. The molecule has 2 aromatic heterocycles. The summed E-state index contributed by atoms with van der Waals surface area (Å²) >= 11 is 0. The van der Waals surface area contributed by atoms with Gasteiger partial charge in [-0.2, -0.15) is 26.3 Å². The minimum Gasteiger partial charge on any atom is -0.354 e. The molecule has 11 heteroatoms. The van der Waals surface area contributed by atoms with Gasteiger partial charge in [-0.15, -0.1) is 0 Å². The van der Waals surface area contributed by atoms with E-state index in [-0.39, 0.29) is 28.5 Å². The molecule has 2 aromatic carbocycles. The summed E-state index contributed by atoms with van der Waals surface area (Å²) in [5.74, 6) is -0.336. The van der Waals surface area contributed by atoms with Crippen LogP contribution in [0.5, 0.6) is 0 Å².